The van der Waals surface area contributed by atoms with Crippen molar-refractivity contribution in [3.63, 3.8) is 0 Å². The van der Waals surface area contributed by atoms with E-state index >= 15 is 0 Å². The number of methoxy groups -OCH3 is 4. The normalized spacial score (nSPS) is 15.5. The van der Waals surface area contributed by atoms with Crippen molar-refractivity contribution in [3.05, 3.63) is 64.4 Å². The van der Waals surface area contributed by atoms with Crippen LogP contribution in [0.1, 0.15) is 28.2 Å². The highest BCUT2D eigenvalue weighted by molar-refractivity contribution is 7.10. The lowest BCUT2D eigenvalue weighted by Crippen LogP contribution is -2.52. The van der Waals surface area contributed by atoms with Crippen LogP contribution in [0, 0.1) is 0 Å². The Bertz CT molecular complexity index is 1150. The van der Waals surface area contributed by atoms with Gasteiger partial charge in [-0.3, -0.25) is 9.69 Å². The Morgan fingerprint density at radius 2 is 1.51 bits per heavy atom. The van der Waals surface area contributed by atoms with Crippen LogP contribution in [0.4, 0.5) is 5.69 Å². The SMILES string of the molecule is COc1ccccc1N1CCN([C@@H](c2cccs2)[C@@H](C)NC(=O)c2cc(OC)c(OC)c(OC)c2)CC1. The largest absolute Gasteiger partial charge is 0.495 e. The maximum Gasteiger partial charge on any atom is 0.251 e. The van der Waals surface area contributed by atoms with E-state index in [0.29, 0.717) is 22.8 Å². The zero-order valence-corrected chi connectivity index (χ0v) is 22.8. The highest BCUT2D eigenvalue weighted by Crippen LogP contribution is 2.38. The minimum Gasteiger partial charge on any atom is -0.495 e. The number of nitrogens with zero attached hydrogens (tertiary/aromatic N) is 2. The molecule has 8 nitrogen and oxygen atoms in total. The fraction of sp³-hybridized carbons (Fsp3) is 0.393. The van der Waals surface area contributed by atoms with E-state index in [1.165, 1.54) is 4.88 Å². The Morgan fingerprint density at radius 3 is 2.08 bits per heavy atom. The molecule has 0 bridgehead atoms. The van der Waals surface area contributed by atoms with Crippen molar-refractivity contribution in [2.24, 2.45) is 0 Å². The summed E-state index contributed by atoms with van der Waals surface area (Å²) in [6, 6.07) is 15.6. The van der Waals surface area contributed by atoms with E-state index in [1.54, 1.807) is 51.9 Å². The zero-order valence-electron chi connectivity index (χ0n) is 22.0. The fourth-order valence-corrected chi connectivity index (χ4v) is 5.88. The lowest BCUT2D eigenvalue weighted by Gasteiger charge is -2.42. The molecule has 4 rings (SSSR count). The molecule has 1 aromatic heterocycles. The Balaban J connectivity index is 1.51. The molecule has 0 spiro atoms. The number of hydrogen-bond donors (Lipinski definition) is 1. The third-order valence-corrected chi connectivity index (χ3v) is 7.67. The predicted molar refractivity (Wildman–Crippen MR) is 147 cm³/mol. The van der Waals surface area contributed by atoms with Crippen LogP contribution >= 0.6 is 11.3 Å². The fourth-order valence-electron chi connectivity index (χ4n) is 4.92. The van der Waals surface area contributed by atoms with Crippen LogP contribution in [-0.4, -0.2) is 71.5 Å². The molecule has 2 heterocycles. The van der Waals surface area contributed by atoms with Gasteiger partial charge in [0.05, 0.1) is 40.2 Å². The molecule has 0 radical (unpaired) electrons. The number of carbonyl (C=O) groups excluding carboxylic acids is 1. The second-order valence-corrected chi connectivity index (χ2v) is 9.81. The molecule has 1 amide bonds. The summed E-state index contributed by atoms with van der Waals surface area (Å²) in [5, 5.41) is 5.31. The van der Waals surface area contributed by atoms with Gasteiger partial charge in [-0.15, -0.1) is 11.3 Å². The van der Waals surface area contributed by atoms with Crippen LogP contribution in [0.5, 0.6) is 23.0 Å². The molecule has 198 valence electrons. The number of ether oxygens (including phenoxy) is 4. The Labute approximate surface area is 222 Å². The molecule has 0 saturated carbocycles. The number of thiophene rings is 1. The first-order chi connectivity index (χ1) is 18.0. The van der Waals surface area contributed by atoms with Crippen molar-refractivity contribution < 1.29 is 23.7 Å². The number of hydrogen-bond acceptors (Lipinski definition) is 8. The summed E-state index contributed by atoms with van der Waals surface area (Å²) in [5.41, 5.74) is 1.56. The number of carbonyl (C=O) groups is 1. The summed E-state index contributed by atoms with van der Waals surface area (Å²) in [6.07, 6.45) is 0. The summed E-state index contributed by atoms with van der Waals surface area (Å²) in [5.74, 6) is 2.04. The Hall–Kier alpha value is -3.43. The summed E-state index contributed by atoms with van der Waals surface area (Å²) >= 11 is 1.71. The lowest BCUT2D eigenvalue weighted by molar-refractivity contribution is 0.0889. The van der Waals surface area contributed by atoms with Gasteiger partial charge in [-0.2, -0.15) is 0 Å². The third kappa shape index (κ3) is 5.78. The van der Waals surface area contributed by atoms with E-state index in [1.807, 2.05) is 18.2 Å². The van der Waals surface area contributed by atoms with Crippen LogP contribution in [0.3, 0.4) is 0 Å². The third-order valence-electron chi connectivity index (χ3n) is 6.73. The minimum atomic E-state index is -0.194. The van der Waals surface area contributed by atoms with Gasteiger partial charge in [0.25, 0.3) is 5.91 Å². The maximum atomic E-state index is 13.4. The van der Waals surface area contributed by atoms with Crippen LogP contribution in [0.15, 0.2) is 53.9 Å². The first kappa shape index (κ1) is 26.6. The van der Waals surface area contributed by atoms with Gasteiger partial charge < -0.3 is 29.2 Å². The van der Waals surface area contributed by atoms with Crippen molar-refractivity contribution in [3.8, 4) is 23.0 Å². The Kier molecular flexibility index (Phi) is 8.78. The van der Waals surface area contributed by atoms with Crippen molar-refractivity contribution >= 4 is 22.9 Å². The molecule has 1 aliphatic rings. The smallest absolute Gasteiger partial charge is 0.251 e. The van der Waals surface area contributed by atoms with E-state index in [9.17, 15) is 4.79 Å². The van der Waals surface area contributed by atoms with E-state index in [-0.39, 0.29) is 18.0 Å². The summed E-state index contributed by atoms with van der Waals surface area (Å²) in [4.78, 5) is 19.4. The van der Waals surface area contributed by atoms with Crippen molar-refractivity contribution in [2.75, 3.05) is 59.5 Å². The first-order valence-corrected chi connectivity index (χ1v) is 13.1. The standard InChI is InChI=1S/C28H35N3O5S/c1-19(29-28(32)20-17-23(34-3)27(36-5)24(18-20)35-4)26(25-11-8-16-37-25)31-14-12-30(13-15-31)21-9-6-7-10-22(21)33-2/h6-11,16-19,26H,12-15H2,1-5H3,(H,29,32)/t19-,26-/m1/s1. The number of rotatable bonds is 10. The molecule has 3 aromatic rings. The van der Waals surface area contributed by atoms with Crippen molar-refractivity contribution in [2.45, 2.75) is 19.0 Å². The monoisotopic (exact) mass is 525 g/mol. The molecular formula is C28H35N3O5S. The van der Waals surface area contributed by atoms with E-state index < -0.39 is 0 Å². The second-order valence-electron chi connectivity index (χ2n) is 8.83. The summed E-state index contributed by atoms with van der Waals surface area (Å²) < 4.78 is 21.8. The molecule has 2 atom stereocenters. The maximum absolute atomic E-state index is 13.4. The van der Waals surface area contributed by atoms with E-state index in [4.69, 9.17) is 18.9 Å². The number of para-hydroxylation sites is 2. The van der Waals surface area contributed by atoms with Gasteiger partial charge in [0.2, 0.25) is 5.75 Å². The second kappa shape index (κ2) is 12.2. The number of nitrogens with one attached hydrogen (secondary N) is 1. The highest BCUT2D eigenvalue weighted by atomic mass is 32.1. The van der Waals surface area contributed by atoms with Gasteiger partial charge in [-0.25, -0.2) is 0 Å². The molecule has 0 unspecified atom stereocenters. The number of piperazine rings is 1. The number of amides is 1. The zero-order chi connectivity index (χ0) is 26.4. The topological polar surface area (TPSA) is 72.5 Å². The summed E-state index contributed by atoms with van der Waals surface area (Å²) in [7, 11) is 6.33. The lowest BCUT2D eigenvalue weighted by atomic mass is 10.0. The predicted octanol–water partition coefficient (Wildman–Crippen LogP) is 4.46. The first-order valence-electron chi connectivity index (χ1n) is 12.3. The van der Waals surface area contributed by atoms with Crippen LogP contribution in [-0.2, 0) is 0 Å². The minimum absolute atomic E-state index is 0.0470. The number of benzene rings is 2. The van der Waals surface area contributed by atoms with Gasteiger partial charge in [0.15, 0.2) is 11.5 Å². The van der Waals surface area contributed by atoms with Crippen molar-refractivity contribution in [1.29, 1.82) is 0 Å². The molecule has 1 aliphatic heterocycles. The molecular weight excluding hydrogens is 490 g/mol. The highest BCUT2D eigenvalue weighted by Gasteiger charge is 2.32. The molecule has 1 N–H and O–H groups in total. The molecule has 1 saturated heterocycles. The van der Waals surface area contributed by atoms with Gasteiger partial charge in [-0.1, -0.05) is 18.2 Å². The number of anilines is 1. The van der Waals surface area contributed by atoms with Crippen LogP contribution in [0.2, 0.25) is 0 Å². The van der Waals surface area contributed by atoms with Gasteiger partial charge in [0.1, 0.15) is 5.75 Å². The Morgan fingerprint density at radius 1 is 0.865 bits per heavy atom. The van der Waals surface area contributed by atoms with Gasteiger partial charge in [-0.05, 0) is 42.6 Å². The quantitative estimate of drug-likeness (QED) is 0.419. The average Bonchev–Trinajstić information content (AvgIpc) is 3.46. The van der Waals surface area contributed by atoms with Crippen molar-refractivity contribution in [1.82, 2.24) is 10.2 Å². The van der Waals surface area contributed by atoms with Crippen LogP contribution in [0.25, 0.3) is 0 Å². The molecule has 9 heteroatoms. The van der Waals surface area contributed by atoms with E-state index in [0.717, 1.165) is 37.6 Å². The van der Waals surface area contributed by atoms with Gasteiger partial charge in [0, 0.05) is 42.7 Å². The molecule has 1 fully saturated rings. The van der Waals surface area contributed by atoms with Crippen LogP contribution < -0.4 is 29.2 Å². The van der Waals surface area contributed by atoms with E-state index in [2.05, 4.69) is 45.6 Å². The molecule has 37 heavy (non-hydrogen) atoms. The average molecular weight is 526 g/mol. The van der Waals surface area contributed by atoms with Gasteiger partial charge >= 0.3 is 0 Å². The molecule has 2 aromatic carbocycles. The molecule has 0 aliphatic carbocycles. The summed E-state index contributed by atoms with van der Waals surface area (Å²) in [6.45, 7) is 5.54.